The lowest BCUT2D eigenvalue weighted by Crippen LogP contribution is -2.50. The number of pyridine rings is 1. The monoisotopic (exact) mass is 696 g/mol. The van der Waals surface area contributed by atoms with E-state index < -0.39 is 17.7 Å². The molecule has 2 N–H and O–H groups in total. The van der Waals surface area contributed by atoms with Crippen molar-refractivity contribution in [1.82, 2.24) is 24.6 Å². The second kappa shape index (κ2) is 17.3. The average Bonchev–Trinajstić information content (AvgIpc) is 3.11. The Hall–Kier alpha value is -3.64. The van der Waals surface area contributed by atoms with Crippen molar-refractivity contribution in [3.8, 4) is 5.75 Å². The van der Waals surface area contributed by atoms with Crippen molar-refractivity contribution in [3.63, 3.8) is 0 Å². The first kappa shape index (κ1) is 36.6. The summed E-state index contributed by atoms with van der Waals surface area (Å²) in [4.78, 5) is 39.9. The maximum absolute atomic E-state index is 14.5. The molecule has 264 valence electrons. The number of Topliss-reactive ketones (excluding diaryl/α,β-unsaturated/α-hetero) is 1. The molecule has 2 aromatic carbocycles. The smallest absolute Gasteiger partial charge is 0.253 e. The fourth-order valence-electron chi connectivity index (χ4n) is 6.41. The van der Waals surface area contributed by atoms with E-state index in [2.05, 4.69) is 26.6 Å². The van der Waals surface area contributed by atoms with Gasteiger partial charge < -0.3 is 25.2 Å². The molecule has 49 heavy (non-hydrogen) atoms. The Balaban J connectivity index is 1.07. The second-order valence-corrected chi connectivity index (χ2v) is 13.4. The van der Waals surface area contributed by atoms with Crippen LogP contribution in [0.15, 0.2) is 48.7 Å². The van der Waals surface area contributed by atoms with Crippen LogP contribution in [-0.2, 0) is 6.42 Å². The van der Waals surface area contributed by atoms with Crippen LogP contribution in [0.2, 0.25) is 5.02 Å². The number of benzene rings is 2. The topological polar surface area (TPSA) is 95.2 Å². The van der Waals surface area contributed by atoms with Gasteiger partial charge in [0.25, 0.3) is 5.91 Å². The Morgan fingerprint density at radius 2 is 1.47 bits per heavy atom. The Kier molecular flexibility index (Phi) is 13.0. The van der Waals surface area contributed by atoms with Crippen LogP contribution in [0.1, 0.15) is 71.1 Å². The normalized spacial score (nSPS) is 16.9. The molecule has 3 heterocycles. The number of ketones is 1. The van der Waals surface area contributed by atoms with Gasteiger partial charge in [0.1, 0.15) is 11.9 Å². The fraction of sp³-hybridized carbons (Fsp3) is 0.486. The van der Waals surface area contributed by atoms with E-state index in [9.17, 15) is 18.4 Å². The number of hydrogen-bond acceptors (Lipinski definition) is 8. The van der Waals surface area contributed by atoms with Crippen LogP contribution in [0.25, 0.3) is 0 Å². The lowest BCUT2D eigenvalue weighted by molar-refractivity contribution is 0.0627. The summed E-state index contributed by atoms with van der Waals surface area (Å²) in [7, 11) is 0. The number of nitrogen functional groups attached to an aromatic ring is 1. The van der Waals surface area contributed by atoms with Gasteiger partial charge in [-0.2, -0.15) is 0 Å². The van der Waals surface area contributed by atoms with Crippen LogP contribution in [0.3, 0.4) is 0 Å². The first-order valence-electron chi connectivity index (χ1n) is 17.3. The highest BCUT2D eigenvalue weighted by Gasteiger charge is 2.24. The van der Waals surface area contributed by atoms with Crippen molar-refractivity contribution < 1.29 is 23.1 Å². The van der Waals surface area contributed by atoms with Crippen molar-refractivity contribution in [3.05, 3.63) is 87.6 Å². The maximum atomic E-state index is 14.5. The number of anilines is 1. The molecule has 0 aliphatic carbocycles. The van der Waals surface area contributed by atoms with Gasteiger partial charge in [-0.25, -0.2) is 13.8 Å². The third-order valence-corrected chi connectivity index (χ3v) is 9.75. The molecule has 2 fully saturated rings. The molecule has 0 saturated carbocycles. The van der Waals surface area contributed by atoms with Gasteiger partial charge in [0, 0.05) is 76.1 Å². The standard InChI is InChI=1S/C37H47ClF2N6O3/c1-3-4-12-43-15-17-44(18-16-43)13-5-14-45-19-21-46(22-20-45)37(48)28-8-6-27(7-9-28)23-32(47)29-24-33(36(41)42-25-29)49-26(2)34-31(39)11-10-30(38)35(34)40/h6-11,24-26H,3-5,12-23H2,1-2H3,(H2,41,42)/t26-/m1/s1. The molecule has 12 heteroatoms. The minimum atomic E-state index is -1.09. The molecule has 1 atom stereocenters. The summed E-state index contributed by atoms with van der Waals surface area (Å²) in [5.41, 5.74) is 7.14. The maximum Gasteiger partial charge on any atom is 0.253 e. The Morgan fingerprint density at radius 3 is 2.08 bits per heavy atom. The Morgan fingerprint density at radius 1 is 0.878 bits per heavy atom. The first-order chi connectivity index (χ1) is 23.6. The van der Waals surface area contributed by atoms with Crippen molar-refractivity contribution in [1.29, 1.82) is 0 Å². The summed E-state index contributed by atoms with van der Waals surface area (Å²) in [6.07, 6.45) is 3.98. The molecule has 1 amide bonds. The summed E-state index contributed by atoms with van der Waals surface area (Å²) < 4.78 is 34.6. The quantitative estimate of drug-likeness (QED) is 0.169. The summed E-state index contributed by atoms with van der Waals surface area (Å²) in [6.45, 7) is 14.9. The highest BCUT2D eigenvalue weighted by atomic mass is 35.5. The van der Waals surface area contributed by atoms with Gasteiger partial charge in [-0.1, -0.05) is 37.1 Å². The van der Waals surface area contributed by atoms with Crippen LogP contribution in [0, 0.1) is 11.6 Å². The lowest BCUT2D eigenvalue weighted by Gasteiger charge is -2.36. The van der Waals surface area contributed by atoms with E-state index in [1.54, 1.807) is 24.3 Å². The molecule has 9 nitrogen and oxygen atoms in total. The van der Waals surface area contributed by atoms with Gasteiger partial charge in [0.15, 0.2) is 23.2 Å². The number of aromatic nitrogens is 1. The minimum Gasteiger partial charge on any atom is -0.482 e. The largest absolute Gasteiger partial charge is 0.482 e. The predicted molar refractivity (Wildman–Crippen MR) is 188 cm³/mol. The fourth-order valence-corrected chi connectivity index (χ4v) is 6.58. The van der Waals surface area contributed by atoms with Crippen LogP contribution >= 0.6 is 11.6 Å². The number of rotatable bonds is 14. The predicted octanol–water partition coefficient (Wildman–Crippen LogP) is 5.73. The molecule has 2 saturated heterocycles. The average molecular weight is 697 g/mol. The molecule has 5 rings (SSSR count). The second-order valence-electron chi connectivity index (χ2n) is 12.9. The third kappa shape index (κ3) is 9.75. The molecule has 0 bridgehead atoms. The molecular weight excluding hydrogens is 650 g/mol. The van der Waals surface area contributed by atoms with Crippen molar-refractivity contribution in [2.45, 2.75) is 45.6 Å². The molecule has 1 aromatic heterocycles. The van der Waals surface area contributed by atoms with E-state index in [-0.39, 0.29) is 45.8 Å². The molecule has 2 aliphatic rings. The number of amides is 1. The van der Waals surface area contributed by atoms with E-state index in [0.29, 0.717) is 18.7 Å². The number of nitrogens with zero attached hydrogens (tertiary/aromatic N) is 5. The van der Waals surface area contributed by atoms with Gasteiger partial charge in [-0.3, -0.25) is 14.5 Å². The number of unbranched alkanes of at least 4 members (excludes halogenated alkanes) is 1. The summed E-state index contributed by atoms with van der Waals surface area (Å²) in [5, 5.41) is -0.236. The van der Waals surface area contributed by atoms with E-state index in [4.69, 9.17) is 22.1 Å². The molecule has 2 aliphatic heterocycles. The van der Waals surface area contributed by atoms with Crippen LogP contribution in [-0.4, -0.2) is 108 Å². The van der Waals surface area contributed by atoms with Gasteiger partial charge in [-0.05, 0) is 75.3 Å². The van der Waals surface area contributed by atoms with E-state index >= 15 is 0 Å². The number of halogens is 3. The number of ether oxygens (including phenoxy) is 1. The number of carbonyl (C=O) groups is 2. The van der Waals surface area contributed by atoms with Crippen molar-refractivity contribution in [2.75, 3.05) is 77.7 Å². The van der Waals surface area contributed by atoms with Gasteiger partial charge in [0.2, 0.25) is 0 Å². The number of nitrogens with two attached hydrogens (primary N) is 1. The highest BCUT2D eigenvalue weighted by Crippen LogP contribution is 2.32. The van der Waals surface area contributed by atoms with Crippen molar-refractivity contribution >= 4 is 29.1 Å². The lowest BCUT2D eigenvalue weighted by atomic mass is 10.0. The van der Waals surface area contributed by atoms with Gasteiger partial charge in [0.05, 0.1) is 10.6 Å². The number of piperazine rings is 2. The first-order valence-corrected chi connectivity index (χ1v) is 17.6. The SMILES string of the molecule is CCCCN1CCN(CCCN2CCN(C(=O)c3ccc(CC(=O)c4cnc(N)c(O[C@H](C)c5c(F)ccc(Cl)c5F)c4)cc3)CC2)CC1. The van der Waals surface area contributed by atoms with Crippen LogP contribution < -0.4 is 10.5 Å². The molecule has 0 radical (unpaired) electrons. The zero-order chi connectivity index (χ0) is 34.9. The van der Waals surface area contributed by atoms with Gasteiger partial charge >= 0.3 is 0 Å². The van der Waals surface area contributed by atoms with E-state index in [1.807, 2.05) is 4.90 Å². The zero-order valence-electron chi connectivity index (χ0n) is 28.5. The summed E-state index contributed by atoms with van der Waals surface area (Å²) in [6, 6.07) is 10.7. The molecule has 0 unspecified atom stereocenters. The van der Waals surface area contributed by atoms with Crippen molar-refractivity contribution in [2.24, 2.45) is 0 Å². The third-order valence-electron chi connectivity index (χ3n) is 9.46. The molecule has 0 spiro atoms. The Labute approximate surface area is 293 Å². The number of hydrogen-bond donors (Lipinski definition) is 1. The number of carbonyl (C=O) groups excluding carboxylic acids is 2. The van der Waals surface area contributed by atoms with E-state index in [1.165, 1.54) is 51.7 Å². The Bertz CT molecular complexity index is 1580. The highest BCUT2D eigenvalue weighted by molar-refractivity contribution is 6.30. The zero-order valence-corrected chi connectivity index (χ0v) is 29.2. The molecular formula is C37H47ClF2N6O3. The summed E-state index contributed by atoms with van der Waals surface area (Å²) in [5.74, 6) is -2.01. The van der Waals surface area contributed by atoms with E-state index in [0.717, 1.165) is 63.4 Å². The van der Waals surface area contributed by atoms with Crippen LogP contribution in [0.5, 0.6) is 5.75 Å². The van der Waals surface area contributed by atoms with Gasteiger partial charge in [-0.15, -0.1) is 0 Å². The molecule has 3 aromatic rings. The van der Waals surface area contributed by atoms with Crippen LogP contribution in [0.4, 0.5) is 14.6 Å². The summed E-state index contributed by atoms with van der Waals surface area (Å²) >= 11 is 5.82. The minimum absolute atomic E-state index is 0.00954.